The standard InChI is InChI=1S/C31H38N7O12PS/c1-45-27-26(21(13-39)49-29(27)37-10-8-23(41)36-31(37)43)50-51(44,52-16-46-30(42)19(33)11-17-5-3-2-4-6-17)47-14-22-20(40)12-24(48-22)38-15-35-25-18(32)7-9-34-28(25)38/h2-10,15,19-22,24,26-27,29,39-40H,11-14,16,33H2,1H3,(H2,32,34)(H,36,41,43)/t19?,20?,21-,22-,24-,26?,27+,29-,51?/m1/s1. The van der Waals surface area contributed by atoms with Gasteiger partial charge in [0, 0.05) is 43.4 Å². The number of nitrogens with one attached hydrogen (secondary N) is 1. The second kappa shape index (κ2) is 16.4. The number of methoxy groups -OCH3 is 1. The average molecular weight is 764 g/mol. The van der Waals surface area contributed by atoms with Gasteiger partial charge in [-0.05, 0) is 18.1 Å². The zero-order valence-corrected chi connectivity index (χ0v) is 29.4. The van der Waals surface area contributed by atoms with Gasteiger partial charge in [0.1, 0.15) is 48.1 Å². The molecule has 0 radical (unpaired) electrons. The molecule has 0 spiro atoms. The quantitative estimate of drug-likeness (QED) is 0.0624. The fourth-order valence-corrected chi connectivity index (χ4v) is 8.71. The summed E-state index contributed by atoms with van der Waals surface area (Å²) in [5.41, 5.74) is 12.7. The molecule has 7 N–H and O–H groups in total. The molecule has 1 aromatic carbocycles. The first-order chi connectivity index (χ1) is 25.0. The van der Waals surface area contributed by atoms with Crippen molar-refractivity contribution in [3.05, 3.63) is 87.6 Å². The van der Waals surface area contributed by atoms with Crippen LogP contribution in [-0.4, -0.2) is 103 Å². The molecule has 2 aliphatic rings. The van der Waals surface area contributed by atoms with E-state index in [-0.39, 0.29) is 12.8 Å². The van der Waals surface area contributed by atoms with E-state index in [1.807, 2.05) is 30.3 Å². The largest absolute Gasteiger partial charge is 0.453 e. The third-order valence-electron chi connectivity index (χ3n) is 8.53. The molecule has 2 fully saturated rings. The first-order valence-electron chi connectivity index (χ1n) is 16.0. The monoisotopic (exact) mass is 763 g/mol. The number of anilines is 1. The van der Waals surface area contributed by atoms with E-state index in [4.69, 9.17) is 39.5 Å². The number of carbonyl (C=O) groups is 1. The van der Waals surface area contributed by atoms with Crippen molar-refractivity contribution in [2.45, 2.75) is 61.9 Å². The zero-order valence-electron chi connectivity index (χ0n) is 27.7. The number of ether oxygens (including phenoxy) is 4. The Kier molecular flexibility index (Phi) is 11.9. The number of fused-ring (bicyclic) bond motifs is 1. The Morgan fingerprint density at radius 2 is 1.92 bits per heavy atom. The van der Waals surface area contributed by atoms with Crippen LogP contribution in [0.1, 0.15) is 24.4 Å². The lowest BCUT2D eigenvalue weighted by Crippen LogP contribution is -2.39. The Morgan fingerprint density at radius 1 is 1.13 bits per heavy atom. The van der Waals surface area contributed by atoms with Gasteiger partial charge in [-0.2, -0.15) is 0 Å². The minimum atomic E-state index is -4.42. The highest BCUT2D eigenvalue weighted by Crippen LogP contribution is 2.63. The van der Waals surface area contributed by atoms with E-state index in [0.717, 1.165) is 16.2 Å². The van der Waals surface area contributed by atoms with Crippen molar-refractivity contribution >= 4 is 41.0 Å². The lowest BCUT2D eigenvalue weighted by molar-refractivity contribution is -0.142. The minimum Gasteiger partial charge on any atom is -0.453 e. The molecule has 3 aromatic heterocycles. The number of pyridine rings is 1. The number of nitrogen functional groups attached to an aromatic ring is 1. The van der Waals surface area contributed by atoms with Crippen LogP contribution in [0.3, 0.4) is 0 Å². The van der Waals surface area contributed by atoms with Crippen LogP contribution in [0.5, 0.6) is 0 Å². The van der Waals surface area contributed by atoms with E-state index < -0.39 is 92.2 Å². The van der Waals surface area contributed by atoms with Crippen molar-refractivity contribution in [1.82, 2.24) is 24.1 Å². The minimum absolute atomic E-state index is 0.107. The first-order valence-corrected chi connectivity index (χ1v) is 19.2. The Morgan fingerprint density at radius 3 is 2.65 bits per heavy atom. The molecule has 4 unspecified atom stereocenters. The van der Waals surface area contributed by atoms with Crippen LogP contribution in [0.15, 0.2) is 70.8 Å². The Hall–Kier alpha value is -3.95. The number of hydrogen-bond donors (Lipinski definition) is 5. The van der Waals surface area contributed by atoms with Crippen LogP contribution in [0.4, 0.5) is 5.69 Å². The number of aromatic nitrogens is 5. The SMILES string of the molecule is CO[C@H]1C(OP(=O)(OC[C@H]2O[C@@H](n3cnc4c(N)ccnc43)CC2O)SCOC(=O)C(N)Cc2ccccc2)[C@@H](CO)O[C@H]1n1ccc(=O)[nH]c1=O. The number of imidazole rings is 1. The molecule has 52 heavy (non-hydrogen) atoms. The van der Waals surface area contributed by atoms with Crippen LogP contribution < -0.4 is 22.7 Å². The van der Waals surface area contributed by atoms with Crippen LogP contribution in [0.2, 0.25) is 0 Å². The van der Waals surface area contributed by atoms with Gasteiger partial charge in [-0.1, -0.05) is 30.3 Å². The molecule has 19 nitrogen and oxygen atoms in total. The molecule has 0 saturated carbocycles. The summed E-state index contributed by atoms with van der Waals surface area (Å²) in [7, 11) is 1.29. The van der Waals surface area contributed by atoms with Gasteiger partial charge < -0.3 is 40.6 Å². The van der Waals surface area contributed by atoms with E-state index in [2.05, 4.69) is 15.0 Å². The summed E-state index contributed by atoms with van der Waals surface area (Å²) in [6, 6.07) is 10.7. The number of rotatable bonds is 15. The van der Waals surface area contributed by atoms with Gasteiger partial charge in [0.05, 0.1) is 31.3 Å². The lowest BCUT2D eigenvalue weighted by atomic mass is 10.1. The van der Waals surface area contributed by atoms with E-state index in [1.54, 1.807) is 10.6 Å². The maximum absolute atomic E-state index is 14.5. The van der Waals surface area contributed by atoms with Crippen molar-refractivity contribution in [2.75, 3.05) is 32.0 Å². The third-order valence-corrected chi connectivity index (χ3v) is 11.9. The van der Waals surface area contributed by atoms with Gasteiger partial charge in [-0.15, -0.1) is 0 Å². The molecule has 0 bridgehead atoms. The van der Waals surface area contributed by atoms with E-state index in [1.165, 1.54) is 25.8 Å². The van der Waals surface area contributed by atoms with Gasteiger partial charge >= 0.3 is 18.5 Å². The molecular formula is C31H38N7O12PS. The maximum atomic E-state index is 14.5. The molecule has 2 saturated heterocycles. The van der Waals surface area contributed by atoms with Gasteiger partial charge in [-0.3, -0.25) is 32.8 Å². The lowest BCUT2D eigenvalue weighted by Gasteiger charge is -2.28. The first kappa shape index (κ1) is 37.8. The van der Waals surface area contributed by atoms with Gasteiger partial charge in [0.25, 0.3) is 5.56 Å². The van der Waals surface area contributed by atoms with Crippen LogP contribution in [-0.2, 0) is 43.8 Å². The molecule has 5 heterocycles. The van der Waals surface area contributed by atoms with Crippen molar-refractivity contribution in [2.24, 2.45) is 5.73 Å². The fraction of sp³-hybridized carbons (Fsp3) is 0.452. The molecule has 2 aliphatic heterocycles. The molecule has 280 valence electrons. The number of aliphatic hydroxyl groups excluding tert-OH is 2. The third kappa shape index (κ3) is 8.31. The highest BCUT2D eigenvalue weighted by molar-refractivity contribution is 8.55. The summed E-state index contributed by atoms with van der Waals surface area (Å²) in [5, 5.41) is 21.1. The average Bonchev–Trinajstić information content (AvgIpc) is 3.82. The van der Waals surface area contributed by atoms with Crippen LogP contribution in [0.25, 0.3) is 11.2 Å². The molecule has 4 aromatic rings. The molecular weight excluding hydrogens is 725 g/mol. The number of carbonyl (C=O) groups excluding carboxylic acids is 1. The van der Waals surface area contributed by atoms with Crippen LogP contribution >= 0.6 is 18.2 Å². The van der Waals surface area contributed by atoms with Gasteiger partial charge in [0.15, 0.2) is 11.9 Å². The van der Waals surface area contributed by atoms with Crippen molar-refractivity contribution in [3.8, 4) is 0 Å². The second-order valence-electron chi connectivity index (χ2n) is 11.9. The number of aliphatic hydroxyl groups is 2. The molecule has 0 amide bonds. The predicted octanol–water partition coefficient (Wildman–Crippen LogP) is 0.431. The van der Waals surface area contributed by atoms with Crippen molar-refractivity contribution < 1.29 is 47.6 Å². The Labute approximate surface area is 299 Å². The highest BCUT2D eigenvalue weighted by atomic mass is 32.7. The highest BCUT2D eigenvalue weighted by Gasteiger charge is 2.51. The fourth-order valence-electron chi connectivity index (χ4n) is 5.90. The number of nitrogens with zero attached hydrogens (tertiary/aromatic N) is 4. The molecule has 0 aliphatic carbocycles. The molecule has 21 heteroatoms. The number of H-pyrrole nitrogens is 1. The zero-order chi connectivity index (χ0) is 37.0. The summed E-state index contributed by atoms with van der Waals surface area (Å²) in [6.45, 7) is -5.53. The summed E-state index contributed by atoms with van der Waals surface area (Å²) in [5.74, 6) is -1.30. The van der Waals surface area contributed by atoms with E-state index >= 15 is 0 Å². The van der Waals surface area contributed by atoms with Crippen molar-refractivity contribution in [3.63, 3.8) is 0 Å². The smallest absolute Gasteiger partial charge is 0.392 e. The van der Waals surface area contributed by atoms with Crippen LogP contribution in [0, 0.1) is 0 Å². The number of hydrogen-bond acceptors (Lipinski definition) is 17. The number of benzene rings is 1. The van der Waals surface area contributed by atoms with E-state index in [0.29, 0.717) is 28.2 Å². The Balaban J connectivity index is 1.19. The number of aromatic amines is 1. The van der Waals surface area contributed by atoms with Gasteiger partial charge in [0.2, 0.25) is 0 Å². The summed E-state index contributed by atoms with van der Waals surface area (Å²) >= 11 is 0.504. The summed E-state index contributed by atoms with van der Waals surface area (Å²) < 4.78 is 51.9. The number of esters is 1. The summed E-state index contributed by atoms with van der Waals surface area (Å²) in [6.07, 6.45) is -3.23. The summed E-state index contributed by atoms with van der Waals surface area (Å²) in [4.78, 5) is 47.8. The number of nitrogens with two attached hydrogens (primary N) is 2. The Bertz CT molecular complexity index is 2010. The van der Waals surface area contributed by atoms with Crippen molar-refractivity contribution in [1.29, 1.82) is 0 Å². The maximum Gasteiger partial charge on any atom is 0.392 e. The molecule has 6 rings (SSSR count). The predicted molar refractivity (Wildman–Crippen MR) is 185 cm³/mol. The van der Waals surface area contributed by atoms with Gasteiger partial charge in [-0.25, -0.2) is 19.3 Å². The topological polar surface area (TPSA) is 268 Å². The van der Waals surface area contributed by atoms with E-state index in [9.17, 15) is 29.2 Å². The molecule has 9 atom stereocenters. The normalized spacial score (nSPS) is 26.3. The second-order valence-corrected chi connectivity index (χ2v) is 15.9.